The van der Waals surface area contributed by atoms with E-state index in [1.807, 2.05) is 0 Å². The van der Waals surface area contributed by atoms with E-state index < -0.39 is 5.82 Å². The van der Waals surface area contributed by atoms with E-state index in [-0.39, 0.29) is 11.7 Å². The molecule has 0 radical (unpaired) electrons. The number of piperidine rings is 1. The van der Waals surface area contributed by atoms with Crippen LogP contribution in [0, 0.1) is 23.1 Å². The molecular formula is C25H24ClFN6O2. The summed E-state index contributed by atoms with van der Waals surface area (Å²) in [5.41, 5.74) is 2.68. The summed E-state index contributed by atoms with van der Waals surface area (Å²) in [6.45, 7) is 1.60. The minimum atomic E-state index is -0.441. The van der Waals surface area contributed by atoms with Crippen molar-refractivity contribution in [3.05, 3.63) is 58.3 Å². The summed E-state index contributed by atoms with van der Waals surface area (Å²) in [4.78, 5) is 21.8. The molecule has 2 saturated heterocycles. The van der Waals surface area contributed by atoms with Crippen molar-refractivity contribution in [2.24, 2.45) is 5.92 Å². The summed E-state index contributed by atoms with van der Waals surface area (Å²) in [5, 5.41) is 14.1. The third-order valence-corrected chi connectivity index (χ3v) is 7.68. The van der Waals surface area contributed by atoms with Crippen molar-refractivity contribution in [2.75, 3.05) is 13.2 Å². The molecule has 6 rings (SSSR count). The molecule has 5 heterocycles. The zero-order valence-electron chi connectivity index (χ0n) is 19.0. The maximum atomic E-state index is 14.1. The standard InChI is InChI=1S/C25H24ClFN6O2/c26-16-10-29-24-21-12-31(13-22(21)30-33(24)11-16)25(34)20-4-1-17(27)9-23(20)35-14-15-7-18-2-3-19(8-15)32(18)6-5-28/h1,4,9-11,15,18-19H,2-3,6-8,12-14H2/t15?,18-,19+. The lowest BCUT2D eigenvalue weighted by Crippen LogP contribution is -2.44. The number of fused-ring (bicyclic) bond motifs is 5. The summed E-state index contributed by atoms with van der Waals surface area (Å²) in [7, 11) is 0. The van der Waals surface area contributed by atoms with E-state index in [9.17, 15) is 9.18 Å². The van der Waals surface area contributed by atoms with Gasteiger partial charge in [-0.1, -0.05) is 11.6 Å². The summed E-state index contributed by atoms with van der Waals surface area (Å²) >= 11 is 6.01. The lowest BCUT2D eigenvalue weighted by atomic mass is 9.91. The highest BCUT2D eigenvalue weighted by atomic mass is 35.5. The fourth-order valence-corrected chi connectivity index (χ4v) is 6.04. The van der Waals surface area contributed by atoms with Crippen LogP contribution in [0.5, 0.6) is 5.75 Å². The molecule has 3 aromatic rings. The van der Waals surface area contributed by atoms with Crippen LogP contribution in [0.15, 0.2) is 30.6 Å². The predicted octanol–water partition coefficient (Wildman–Crippen LogP) is 3.82. The van der Waals surface area contributed by atoms with Gasteiger partial charge in [-0.2, -0.15) is 10.4 Å². The number of halogens is 2. The zero-order valence-corrected chi connectivity index (χ0v) is 19.8. The number of amides is 1. The highest BCUT2D eigenvalue weighted by molar-refractivity contribution is 6.30. The van der Waals surface area contributed by atoms with Gasteiger partial charge in [0.1, 0.15) is 11.6 Å². The second-order valence-electron chi connectivity index (χ2n) is 9.63. The predicted molar refractivity (Wildman–Crippen MR) is 125 cm³/mol. The number of hydrogen-bond acceptors (Lipinski definition) is 6. The largest absolute Gasteiger partial charge is 0.492 e. The second kappa shape index (κ2) is 8.77. The van der Waals surface area contributed by atoms with E-state index in [2.05, 4.69) is 21.1 Å². The Morgan fingerprint density at radius 2 is 2.06 bits per heavy atom. The van der Waals surface area contributed by atoms with E-state index in [1.165, 1.54) is 18.2 Å². The van der Waals surface area contributed by atoms with Crippen LogP contribution in [0.3, 0.4) is 0 Å². The first-order chi connectivity index (χ1) is 17.0. The van der Waals surface area contributed by atoms with Gasteiger partial charge in [-0.15, -0.1) is 0 Å². The maximum Gasteiger partial charge on any atom is 0.258 e. The number of ether oxygens (including phenoxy) is 1. The molecule has 1 aromatic carbocycles. The molecule has 1 unspecified atom stereocenters. The van der Waals surface area contributed by atoms with Crippen molar-refractivity contribution in [1.82, 2.24) is 24.4 Å². The maximum absolute atomic E-state index is 14.1. The highest BCUT2D eigenvalue weighted by Crippen LogP contribution is 2.39. The topological polar surface area (TPSA) is 86.8 Å². The molecule has 3 aliphatic heterocycles. The van der Waals surface area contributed by atoms with Crippen molar-refractivity contribution in [2.45, 2.75) is 50.9 Å². The number of nitriles is 1. The summed E-state index contributed by atoms with van der Waals surface area (Å²) in [6, 6.07) is 7.16. The number of hydrogen-bond donors (Lipinski definition) is 0. The number of benzene rings is 1. The van der Waals surface area contributed by atoms with Crippen molar-refractivity contribution < 1.29 is 13.9 Å². The Morgan fingerprint density at radius 1 is 1.26 bits per heavy atom. The quantitative estimate of drug-likeness (QED) is 0.501. The minimum Gasteiger partial charge on any atom is -0.492 e. The third-order valence-electron chi connectivity index (χ3n) is 7.48. The lowest BCUT2D eigenvalue weighted by molar-refractivity contribution is 0.0734. The first kappa shape index (κ1) is 22.3. The average Bonchev–Trinajstić information content (AvgIpc) is 3.46. The van der Waals surface area contributed by atoms with Crippen LogP contribution in [0.25, 0.3) is 5.65 Å². The van der Waals surface area contributed by atoms with Crippen LogP contribution in [0.2, 0.25) is 5.02 Å². The van der Waals surface area contributed by atoms with Crippen LogP contribution in [0.1, 0.15) is 47.3 Å². The number of rotatable bonds is 5. The van der Waals surface area contributed by atoms with Crippen molar-refractivity contribution >= 4 is 23.2 Å². The number of carbonyl (C=O) groups excluding carboxylic acids is 1. The summed E-state index contributed by atoms with van der Waals surface area (Å²) in [5.74, 6) is -0.0837. The molecule has 3 aliphatic rings. The Labute approximate surface area is 206 Å². The van der Waals surface area contributed by atoms with Gasteiger partial charge in [0.2, 0.25) is 0 Å². The van der Waals surface area contributed by atoms with Crippen molar-refractivity contribution in [1.29, 1.82) is 5.26 Å². The van der Waals surface area contributed by atoms with Gasteiger partial charge in [-0.3, -0.25) is 9.69 Å². The molecule has 0 aliphatic carbocycles. The van der Waals surface area contributed by atoms with Gasteiger partial charge in [0.05, 0.1) is 54.8 Å². The van der Waals surface area contributed by atoms with Gasteiger partial charge in [-0.25, -0.2) is 13.9 Å². The molecule has 1 amide bonds. The molecule has 10 heteroatoms. The van der Waals surface area contributed by atoms with Crippen LogP contribution in [0.4, 0.5) is 4.39 Å². The monoisotopic (exact) mass is 494 g/mol. The van der Waals surface area contributed by atoms with E-state index in [0.29, 0.717) is 60.5 Å². The summed E-state index contributed by atoms with van der Waals surface area (Å²) in [6.07, 6.45) is 7.37. The van der Waals surface area contributed by atoms with E-state index >= 15 is 0 Å². The molecule has 2 bridgehead atoms. The Bertz CT molecular complexity index is 1340. The van der Waals surface area contributed by atoms with Gasteiger partial charge in [0.25, 0.3) is 5.91 Å². The fourth-order valence-electron chi connectivity index (χ4n) is 5.90. The molecule has 0 N–H and O–H groups in total. The molecule has 0 spiro atoms. The first-order valence-electron chi connectivity index (χ1n) is 11.9. The number of carbonyl (C=O) groups is 1. The number of nitrogens with zero attached hydrogens (tertiary/aromatic N) is 6. The zero-order chi connectivity index (χ0) is 24.1. The van der Waals surface area contributed by atoms with Crippen LogP contribution in [-0.2, 0) is 13.1 Å². The van der Waals surface area contributed by atoms with Crippen LogP contribution >= 0.6 is 11.6 Å². The van der Waals surface area contributed by atoms with Gasteiger partial charge in [-0.05, 0) is 43.7 Å². The molecule has 2 aromatic heterocycles. The normalized spacial score (nSPS) is 23.5. The van der Waals surface area contributed by atoms with Crippen LogP contribution in [-0.4, -0.2) is 55.5 Å². The lowest BCUT2D eigenvalue weighted by Gasteiger charge is -2.37. The van der Waals surface area contributed by atoms with Crippen molar-refractivity contribution in [3.63, 3.8) is 0 Å². The molecule has 35 heavy (non-hydrogen) atoms. The second-order valence-corrected chi connectivity index (χ2v) is 10.1. The molecule has 2 fully saturated rings. The molecule has 180 valence electrons. The van der Waals surface area contributed by atoms with Gasteiger partial charge < -0.3 is 9.64 Å². The SMILES string of the molecule is N#CCN1[C@@H]2CC[C@H]1CC(COc1cc(F)ccc1C(=O)N1Cc3nn4cc(Cl)cnc4c3C1)C2. The van der Waals surface area contributed by atoms with Gasteiger partial charge in [0, 0.05) is 29.9 Å². The average molecular weight is 495 g/mol. The Balaban J connectivity index is 1.16. The molecular weight excluding hydrogens is 471 g/mol. The summed E-state index contributed by atoms with van der Waals surface area (Å²) < 4.78 is 21.8. The molecule has 3 atom stereocenters. The third kappa shape index (κ3) is 4.01. The Morgan fingerprint density at radius 3 is 2.83 bits per heavy atom. The molecule has 0 saturated carbocycles. The smallest absolute Gasteiger partial charge is 0.258 e. The molecule has 8 nitrogen and oxygen atoms in total. The van der Waals surface area contributed by atoms with Crippen molar-refractivity contribution in [3.8, 4) is 11.8 Å². The van der Waals surface area contributed by atoms with Crippen LogP contribution < -0.4 is 4.74 Å². The van der Waals surface area contributed by atoms with Gasteiger partial charge in [0.15, 0.2) is 5.65 Å². The first-order valence-corrected chi connectivity index (χ1v) is 12.2. The van der Waals surface area contributed by atoms with E-state index in [0.717, 1.165) is 36.9 Å². The van der Waals surface area contributed by atoms with Gasteiger partial charge >= 0.3 is 0 Å². The fraction of sp³-hybridized carbons (Fsp3) is 0.440. The minimum absolute atomic E-state index is 0.228. The Hall–Kier alpha value is -3.22. The van der Waals surface area contributed by atoms with E-state index in [4.69, 9.17) is 21.6 Å². The number of aromatic nitrogens is 3. The highest BCUT2D eigenvalue weighted by Gasteiger charge is 2.40. The van der Waals surface area contributed by atoms with E-state index in [1.54, 1.807) is 21.8 Å². The Kier molecular flexibility index (Phi) is 5.58.